The molecule has 0 aromatic heterocycles. The average Bonchev–Trinajstić information content (AvgIpc) is 2.63. The van der Waals surface area contributed by atoms with E-state index < -0.39 is 5.60 Å². The van der Waals surface area contributed by atoms with Crippen LogP contribution in [0.4, 0.5) is 5.69 Å². The van der Waals surface area contributed by atoms with Gasteiger partial charge in [-0.05, 0) is 62.8 Å². The Kier molecular flexibility index (Phi) is 8.77. The molecule has 0 spiro atoms. The van der Waals surface area contributed by atoms with Crippen molar-refractivity contribution in [1.29, 1.82) is 0 Å². The van der Waals surface area contributed by atoms with Gasteiger partial charge in [-0.25, -0.2) is 0 Å². The number of amides is 1. The van der Waals surface area contributed by atoms with Gasteiger partial charge in [0.25, 0.3) is 5.91 Å². The lowest BCUT2D eigenvalue weighted by molar-refractivity contribution is -0.139. The van der Waals surface area contributed by atoms with E-state index >= 15 is 0 Å². The van der Waals surface area contributed by atoms with Crippen LogP contribution in [0.5, 0.6) is 5.75 Å². The van der Waals surface area contributed by atoms with Crippen LogP contribution in [0.25, 0.3) is 0 Å². The molecule has 1 aliphatic heterocycles. The van der Waals surface area contributed by atoms with Crippen LogP contribution in [0.2, 0.25) is 0 Å². The Hall–Kier alpha value is -1.59. The molecule has 0 saturated carbocycles. The number of anilines is 1. The van der Waals surface area contributed by atoms with Crippen LogP contribution in [0.1, 0.15) is 53.9 Å². The van der Waals surface area contributed by atoms with Gasteiger partial charge in [-0.3, -0.25) is 9.69 Å². The maximum atomic E-state index is 12.6. The Labute approximate surface area is 170 Å². The Bertz CT molecular complexity index is 586. The molecule has 158 valence electrons. The number of hydrogen-bond donors (Lipinski definition) is 1. The number of nitrogens with zero attached hydrogens (tertiary/aromatic N) is 1. The predicted octanol–water partition coefficient (Wildman–Crippen LogP) is 4.58. The van der Waals surface area contributed by atoms with Crippen molar-refractivity contribution < 1.29 is 14.3 Å². The Morgan fingerprint density at radius 1 is 1.18 bits per heavy atom. The van der Waals surface area contributed by atoms with E-state index in [0.717, 1.165) is 49.3 Å². The summed E-state index contributed by atoms with van der Waals surface area (Å²) in [6.45, 7) is 15.0. The van der Waals surface area contributed by atoms with Crippen LogP contribution in [0, 0.1) is 11.8 Å². The summed E-state index contributed by atoms with van der Waals surface area (Å²) in [6.07, 6.45) is 2.91. The molecule has 0 unspecified atom stereocenters. The maximum absolute atomic E-state index is 12.6. The van der Waals surface area contributed by atoms with Gasteiger partial charge in [-0.15, -0.1) is 0 Å². The summed E-state index contributed by atoms with van der Waals surface area (Å²) in [7, 11) is 0. The number of ether oxygens (including phenoxy) is 2. The molecule has 0 aliphatic carbocycles. The van der Waals surface area contributed by atoms with E-state index in [0.29, 0.717) is 19.6 Å². The second-order valence-corrected chi connectivity index (χ2v) is 8.45. The van der Waals surface area contributed by atoms with E-state index in [4.69, 9.17) is 9.47 Å². The van der Waals surface area contributed by atoms with E-state index in [2.05, 4.69) is 31.0 Å². The molecule has 0 radical (unpaired) electrons. The van der Waals surface area contributed by atoms with Crippen molar-refractivity contribution in [3.63, 3.8) is 0 Å². The lowest BCUT2D eigenvalue weighted by atomic mass is 9.92. The van der Waals surface area contributed by atoms with Gasteiger partial charge in [-0.2, -0.15) is 0 Å². The second-order valence-electron chi connectivity index (χ2n) is 8.45. The molecule has 1 aliphatic rings. The largest absolute Gasteiger partial charge is 0.492 e. The lowest BCUT2D eigenvalue weighted by Gasteiger charge is -2.34. The Morgan fingerprint density at radius 2 is 1.82 bits per heavy atom. The third kappa shape index (κ3) is 6.78. The zero-order valence-corrected chi connectivity index (χ0v) is 18.3. The van der Waals surface area contributed by atoms with Crippen LogP contribution in [-0.2, 0) is 9.53 Å². The zero-order chi connectivity index (χ0) is 20.6. The molecule has 1 amide bonds. The highest BCUT2D eigenvalue weighted by atomic mass is 16.5. The number of rotatable bonds is 10. The van der Waals surface area contributed by atoms with Gasteiger partial charge in [0, 0.05) is 31.9 Å². The Balaban J connectivity index is 1.81. The number of benzene rings is 1. The monoisotopic (exact) mass is 390 g/mol. The molecule has 1 fully saturated rings. The first-order chi connectivity index (χ1) is 13.4. The smallest absolute Gasteiger partial charge is 0.256 e. The van der Waals surface area contributed by atoms with Gasteiger partial charge in [0.15, 0.2) is 0 Å². The molecule has 28 heavy (non-hydrogen) atoms. The molecule has 2 rings (SSSR count). The van der Waals surface area contributed by atoms with Crippen LogP contribution in [-0.4, -0.2) is 49.3 Å². The fraction of sp³-hybridized carbons (Fsp3) is 0.696. The first-order valence-corrected chi connectivity index (χ1v) is 10.8. The fourth-order valence-corrected chi connectivity index (χ4v) is 4.21. The standard InChI is InChI=1S/C23H38N2O3/c1-6-12-23(5,28-7-2)22(26)24-20-8-10-21(11-9-20)27-14-13-25-16-18(3)15-19(4)17-25/h8-11,18-19H,6-7,12-17H2,1-5H3,(H,24,26)/t18-,19-,23+/m1/s1. The highest BCUT2D eigenvalue weighted by molar-refractivity contribution is 5.97. The summed E-state index contributed by atoms with van der Waals surface area (Å²) >= 11 is 0. The molecule has 3 atom stereocenters. The first-order valence-electron chi connectivity index (χ1n) is 10.8. The predicted molar refractivity (Wildman–Crippen MR) is 115 cm³/mol. The highest BCUT2D eigenvalue weighted by Crippen LogP contribution is 2.23. The average molecular weight is 391 g/mol. The molecular weight excluding hydrogens is 352 g/mol. The van der Waals surface area contributed by atoms with Gasteiger partial charge in [0.1, 0.15) is 18.0 Å². The molecule has 0 bridgehead atoms. The number of piperidine rings is 1. The van der Waals surface area contributed by atoms with Crippen molar-refractivity contribution in [1.82, 2.24) is 4.90 Å². The van der Waals surface area contributed by atoms with Crippen molar-refractivity contribution in [2.24, 2.45) is 11.8 Å². The fourth-order valence-electron chi connectivity index (χ4n) is 4.21. The van der Waals surface area contributed by atoms with Crippen molar-refractivity contribution in [3.05, 3.63) is 24.3 Å². The van der Waals surface area contributed by atoms with Crippen LogP contribution >= 0.6 is 0 Å². The van der Waals surface area contributed by atoms with Crippen molar-refractivity contribution in [2.45, 2.75) is 59.5 Å². The number of carbonyl (C=O) groups is 1. The topological polar surface area (TPSA) is 50.8 Å². The summed E-state index contributed by atoms with van der Waals surface area (Å²) in [5.41, 5.74) is -0.0282. The van der Waals surface area contributed by atoms with Crippen LogP contribution < -0.4 is 10.1 Å². The normalized spacial score (nSPS) is 22.5. The van der Waals surface area contributed by atoms with Crippen molar-refractivity contribution >= 4 is 11.6 Å². The van der Waals surface area contributed by atoms with Crippen LogP contribution in [0.15, 0.2) is 24.3 Å². The summed E-state index contributed by atoms with van der Waals surface area (Å²) in [5.74, 6) is 2.26. The second kappa shape index (κ2) is 10.8. The Morgan fingerprint density at radius 3 is 2.39 bits per heavy atom. The summed E-state index contributed by atoms with van der Waals surface area (Å²) in [5, 5.41) is 2.97. The lowest BCUT2D eigenvalue weighted by Crippen LogP contribution is -2.42. The quantitative estimate of drug-likeness (QED) is 0.635. The van der Waals surface area contributed by atoms with Gasteiger partial charge in [0.05, 0.1) is 0 Å². The summed E-state index contributed by atoms with van der Waals surface area (Å²) < 4.78 is 11.6. The molecule has 1 N–H and O–H groups in total. The third-order valence-electron chi connectivity index (χ3n) is 5.40. The molecule has 1 aromatic carbocycles. The molecule has 1 saturated heterocycles. The van der Waals surface area contributed by atoms with E-state index in [9.17, 15) is 4.79 Å². The number of nitrogens with one attached hydrogen (secondary N) is 1. The number of carbonyl (C=O) groups excluding carboxylic acids is 1. The molecule has 1 heterocycles. The molecular formula is C23H38N2O3. The molecule has 1 aromatic rings. The molecule has 5 nitrogen and oxygen atoms in total. The molecule has 5 heteroatoms. The van der Waals surface area contributed by atoms with Gasteiger partial charge >= 0.3 is 0 Å². The first kappa shape index (κ1) is 22.7. The minimum Gasteiger partial charge on any atom is -0.492 e. The SMILES string of the molecule is CCC[C@](C)(OCC)C(=O)Nc1ccc(OCCN2C[C@H](C)C[C@@H](C)C2)cc1. The summed E-state index contributed by atoms with van der Waals surface area (Å²) in [4.78, 5) is 15.1. The van der Waals surface area contributed by atoms with Crippen molar-refractivity contribution in [3.8, 4) is 5.75 Å². The third-order valence-corrected chi connectivity index (χ3v) is 5.40. The number of hydrogen-bond acceptors (Lipinski definition) is 4. The van der Waals surface area contributed by atoms with Gasteiger partial charge in [-0.1, -0.05) is 27.2 Å². The van der Waals surface area contributed by atoms with Gasteiger partial charge < -0.3 is 14.8 Å². The number of likely N-dealkylation sites (tertiary alicyclic amines) is 1. The highest BCUT2D eigenvalue weighted by Gasteiger charge is 2.32. The maximum Gasteiger partial charge on any atom is 0.256 e. The van der Waals surface area contributed by atoms with Gasteiger partial charge in [0.2, 0.25) is 0 Å². The van der Waals surface area contributed by atoms with Crippen LogP contribution in [0.3, 0.4) is 0 Å². The zero-order valence-electron chi connectivity index (χ0n) is 18.3. The van der Waals surface area contributed by atoms with E-state index in [1.165, 1.54) is 6.42 Å². The minimum absolute atomic E-state index is 0.0989. The van der Waals surface area contributed by atoms with E-state index in [1.54, 1.807) is 0 Å². The van der Waals surface area contributed by atoms with Crippen molar-refractivity contribution in [2.75, 3.05) is 38.2 Å². The van der Waals surface area contributed by atoms with E-state index in [1.807, 2.05) is 38.1 Å². The minimum atomic E-state index is -0.790. The summed E-state index contributed by atoms with van der Waals surface area (Å²) in [6, 6.07) is 7.59. The van der Waals surface area contributed by atoms with E-state index in [-0.39, 0.29) is 5.91 Å².